The van der Waals surface area contributed by atoms with E-state index in [1.807, 2.05) is 18.2 Å². The summed E-state index contributed by atoms with van der Waals surface area (Å²) in [5.41, 5.74) is 0. The number of rotatable bonds is 2. The van der Waals surface area contributed by atoms with Gasteiger partial charge in [-0.15, -0.1) is 0 Å². The second-order valence-electron chi connectivity index (χ2n) is 2.29. The highest BCUT2D eigenvalue weighted by Gasteiger charge is 2.18. The lowest BCUT2D eigenvalue weighted by Crippen LogP contribution is -2.27. The highest BCUT2D eigenvalue weighted by Crippen LogP contribution is 2.26. The molecule has 1 aliphatic heterocycles. The first kappa shape index (κ1) is 7.23. The van der Waals surface area contributed by atoms with Crippen LogP contribution in [0.3, 0.4) is 0 Å². The maximum Gasteiger partial charge on any atom is 0.182 e. The van der Waals surface area contributed by atoms with Crippen LogP contribution in [0.15, 0.2) is 30.3 Å². The third-order valence-electron chi connectivity index (χ3n) is 1.50. The summed E-state index contributed by atoms with van der Waals surface area (Å²) in [6.45, 7) is 0.463. The first-order valence-electron chi connectivity index (χ1n) is 3.50. The van der Waals surface area contributed by atoms with E-state index in [1.165, 1.54) is 5.30 Å². The average Bonchev–Trinajstić information content (AvgIpc) is 1.99. The van der Waals surface area contributed by atoms with Crippen molar-refractivity contribution >= 4 is 13.9 Å². The lowest BCUT2D eigenvalue weighted by Gasteiger charge is -2.26. The van der Waals surface area contributed by atoms with E-state index in [0.717, 1.165) is 0 Å². The smallest absolute Gasteiger partial charge is 0.182 e. The fourth-order valence-corrected chi connectivity index (χ4v) is 1.85. The molecule has 1 heterocycles. The van der Waals surface area contributed by atoms with Crippen LogP contribution >= 0.6 is 8.58 Å². The van der Waals surface area contributed by atoms with Crippen LogP contribution in [0.5, 0.6) is 0 Å². The summed E-state index contributed by atoms with van der Waals surface area (Å²) in [5, 5.41) is 1.29. The van der Waals surface area contributed by atoms with Gasteiger partial charge in [0.15, 0.2) is 12.8 Å². The first-order chi connectivity index (χ1) is 5.45. The predicted octanol–water partition coefficient (Wildman–Crippen LogP) is 1.28. The van der Waals surface area contributed by atoms with Crippen LogP contribution < -0.4 is 5.30 Å². The van der Waals surface area contributed by atoms with E-state index >= 15 is 0 Å². The fourth-order valence-electron chi connectivity index (χ4n) is 0.890. The molecule has 0 aromatic heterocycles. The molecule has 1 unspecified atom stereocenters. The maximum atomic E-state index is 5.12. The Balaban J connectivity index is 1.95. The Labute approximate surface area is 67.3 Å². The minimum Gasteiger partial charge on any atom is -0.322 e. The van der Waals surface area contributed by atoms with Crippen molar-refractivity contribution in [3.8, 4) is 0 Å². The van der Waals surface area contributed by atoms with Crippen LogP contribution in [-0.2, 0) is 9.47 Å². The molecule has 1 aromatic rings. The Bertz CT molecular complexity index is 221. The van der Waals surface area contributed by atoms with E-state index in [9.17, 15) is 0 Å². The van der Waals surface area contributed by atoms with Gasteiger partial charge in [0.05, 0.1) is 0 Å². The van der Waals surface area contributed by atoms with Gasteiger partial charge in [0.25, 0.3) is 0 Å². The minimum absolute atomic E-state index is 0.0254. The van der Waals surface area contributed by atoms with Crippen molar-refractivity contribution in [2.45, 2.75) is 6.03 Å². The second kappa shape index (κ2) is 3.31. The topological polar surface area (TPSA) is 18.5 Å². The zero-order chi connectivity index (χ0) is 7.52. The molecule has 3 heteroatoms. The zero-order valence-corrected chi connectivity index (χ0v) is 6.99. The van der Waals surface area contributed by atoms with E-state index in [0.29, 0.717) is 15.4 Å². The van der Waals surface area contributed by atoms with Gasteiger partial charge in [-0.3, -0.25) is 0 Å². The number of ether oxygens (including phenoxy) is 2. The van der Waals surface area contributed by atoms with Crippen LogP contribution in [0.2, 0.25) is 0 Å². The summed E-state index contributed by atoms with van der Waals surface area (Å²) in [5.74, 6) is 0. The standard InChI is InChI=1S/C8H9O2P/c1-2-4-7(5-3-1)11-8-9-6-10-8/h1-5,8,11H,6H2. The quantitative estimate of drug-likeness (QED) is 0.619. The molecule has 1 aromatic carbocycles. The van der Waals surface area contributed by atoms with Gasteiger partial charge in [-0.2, -0.15) is 0 Å². The molecule has 0 amide bonds. The first-order valence-corrected chi connectivity index (χ1v) is 4.58. The summed E-state index contributed by atoms with van der Waals surface area (Å²) in [6, 6.07) is 10.3. The lowest BCUT2D eigenvalue weighted by atomic mass is 10.4. The summed E-state index contributed by atoms with van der Waals surface area (Å²) in [7, 11) is 0.621. The van der Waals surface area contributed by atoms with Crippen LogP contribution in [0, 0.1) is 0 Å². The molecular formula is C8H9O2P. The second-order valence-corrected chi connectivity index (χ2v) is 3.63. The predicted molar refractivity (Wildman–Crippen MR) is 45.2 cm³/mol. The van der Waals surface area contributed by atoms with E-state index in [1.54, 1.807) is 0 Å². The largest absolute Gasteiger partial charge is 0.322 e. The van der Waals surface area contributed by atoms with Gasteiger partial charge in [-0.1, -0.05) is 30.3 Å². The molecule has 0 radical (unpaired) electrons. The van der Waals surface area contributed by atoms with Gasteiger partial charge in [0.2, 0.25) is 0 Å². The van der Waals surface area contributed by atoms with Crippen LogP contribution in [0.25, 0.3) is 0 Å². The summed E-state index contributed by atoms with van der Waals surface area (Å²) in [6.07, 6.45) is 0. The molecular weight excluding hydrogens is 159 g/mol. The Kier molecular flexibility index (Phi) is 2.18. The normalized spacial score (nSPS) is 18.9. The van der Waals surface area contributed by atoms with Crippen molar-refractivity contribution in [1.82, 2.24) is 0 Å². The molecule has 0 aliphatic carbocycles. The molecule has 1 atom stereocenters. The molecule has 1 saturated heterocycles. The summed E-state index contributed by atoms with van der Waals surface area (Å²) >= 11 is 0. The average molecular weight is 168 g/mol. The molecule has 58 valence electrons. The van der Waals surface area contributed by atoms with Gasteiger partial charge < -0.3 is 9.47 Å². The third kappa shape index (κ3) is 1.78. The van der Waals surface area contributed by atoms with Gasteiger partial charge in [0.1, 0.15) is 0 Å². The van der Waals surface area contributed by atoms with E-state index in [4.69, 9.17) is 9.47 Å². The molecule has 1 aliphatic rings. The van der Waals surface area contributed by atoms with Crippen LogP contribution in [-0.4, -0.2) is 12.8 Å². The molecule has 2 rings (SSSR count). The number of hydrogen-bond donors (Lipinski definition) is 0. The van der Waals surface area contributed by atoms with Gasteiger partial charge >= 0.3 is 0 Å². The zero-order valence-electron chi connectivity index (χ0n) is 5.99. The fraction of sp³-hybridized carbons (Fsp3) is 0.250. The highest BCUT2D eigenvalue weighted by molar-refractivity contribution is 7.47. The Hall–Kier alpha value is -0.430. The molecule has 1 fully saturated rings. The Morgan fingerprint density at radius 3 is 2.45 bits per heavy atom. The molecule has 0 saturated carbocycles. The van der Waals surface area contributed by atoms with E-state index in [2.05, 4.69) is 12.1 Å². The van der Waals surface area contributed by atoms with E-state index in [-0.39, 0.29) is 6.03 Å². The van der Waals surface area contributed by atoms with Crippen molar-refractivity contribution in [3.05, 3.63) is 30.3 Å². The molecule has 0 bridgehead atoms. The SMILES string of the molecule is c1ccc(PC2OCO2)cc1. The summed E-state index contributed by atoms with van der Waals surface area (Å²) < 4.78 is 10.2. The number of hydrogen-bond acceptors (Lipinski definition) is 2. The van der Waals surface area contributed by atoms with Gasteiger partial charge in [-0.25, -0.2) is 0 Å². The molecule has 11 heavy (non-hydrogen) atoms. The summed E-state index contributed by atoms with van der Waals surface area (Å²) in [4.78, 5) is 0. The van der Waals surface area contributed by atoms with E-state index < -0.39 is 0 Å². The molecule has 2 nitrogen and oxygen atoms in total. The van der Waals surface area contributed by atoms with Gasteiger partial charge in [0, 0.05) is 0 Å². The van der Waals surface area contributed by atoms with Crippen LogP contribution in [0.1, 0.15) is 0 Å². The Morgan fingerprint density at radius 2 is 1.91 bits per heavy atom. The minimum atomic E-state index is 0.0254. The Morgan fingerprint density at radius 1 is 1.18 bits per heavy atom. The third-order valence-corrected chi connectivity index (χ3v) is 2.73. The van der Waals surface area contributed by atoms with Crippen molar-refractivity contribution in [2.24, 2.45) is 0 Å². The molecule has 0 N–H and O–H groups in total. The van der Waals surface area contributed by atoms with Crippen LogP contribution in [0.4, 0.5) is 0 Å². The molecule has 0 spiro atoms. The monoisotopic (exact) mass is 168 g/mol. The van der Waals surface area contributed by atoms with Crippen molar-refractivity contribution < 1.29 is 9.47 Å². The maximum absolute atomic E-state index is 5.12. The lowest BCUT2D eigenvalue weighted by molar-refractivity contribution is -0.273. The van der Waals surface area contributed by atoms with Crippen molar-refractivity contribution in [2.75, 3.05) is 6.79 Å². The van der Waals surface area contributed by atoms with Crippen molar-refractivity contribution in [3.63, 3.8) is 0 Å². The number of benzene rings is 1. The highest BCUT2D eigenvalue weighted by atomic mass is 31.1. The van der Waals surface area contributed by atoms with Crippen molar-refractivity contribution in [1.29, 1.82) is 0 Å². The van der Waals surface area contributed by atoms with Gasteiger partial charge in [-0.05, 0) is 13.9 Å².